The molecular weight excluding hydrogens is 276 g/mol. The minimum Gasteiger partial charge on any atom is -0.379 e. The molecule has 4 nitrogen and oxygen atoms in total. The molecule has 0 atom stereocenters. The van der Waals surface area contributed by atoms with E-state index >= 15 is 0 Å². The van der Waals surface area contributed by atoms with Gasteiger partial charge < -0.3 is 10.1 Å². The van der Waals surface area contributed by atoms with Gasteiger partial charge in [-0.2, -0.15) is 0 Å². The van der Waals surface area contributed by atoms with Gasteiger partial charge in [-0.05, 0) is 6.42 Å². The summed E-state index contributed by atoms with van der Waals surface area (Å²) in [5.41, 5.74) is 0. The van der Waals surface area contributed by atoms with E-state index in [4.69, 9.17) is 4.74 Å². The maximum Gasteiger partial charge on any atom is 0.220 e. The summed E-state index contributed by atoms with van der Waals surface area (Å²) in [5.74, 6) is 0.219. The Morgan fingerprint density at radius 1 is 0.955 bits per heavy atom. The summed E-state index contributed by atoms with van der Waals surface area (Å²) in [6.45, 7) is 7.62. The molecule has 1 heterocycles. The van der Waals surface area contributed by atoms with E-state index in [1.54, 1.807) is 0 Å². The molecule has 1 aliphatic rings. The smallest absolute Gasteiger partial charge is 0.220 e. The summed E-state index contributed by atoms with van der Waals surface area (Å²) in [4.78, 5) is 14.1. The Morgan fingerprint density at radius 3 is 2.18 bits per heavy atom. The highest BCUT2D eigenvalue weighted by atomic mass is 16.5. The van der Waals surface area contributed by atoms with Crippen LogP contribution < -0.4 is 5.32 Å². The number of hydrogen-bond acceptors (Lipinski definition) is 3. The molecule has 0 aromatic carbocycles. The van der Waals surface area contributed by atoms with Crippen molar-refractivity contribution in [3.05, 3.63) is 0 Å². The summed E-state index contributed by atoms with van der Waals surface area (Å²) in [6, 6.07) is 0. The molecular formula is C18H36N2O2. The second kappa shape index (κ2) is 14.0. The monoisotopic (exact) mass is 312 g/mol. The fraction of sp³-hybridized carbons (Fsp3) is 0.944. The number of rotatable bonds is 13. The van der Waals surface area contributed by atoms with Crippen molar-refractivity contribution in [2.24, 2.45) is 0 Å². The highest BCUT2D eigenvalue weighted by molar-refractivity contribution is 5.75. The van der Waals surface area contributed by atoms with Gasteiger partial charge in [0.25, 0.3) is 0 Å². The summed E-state index contributed by atoms with van der Waals surface area (Å²) in [6.07, 6.45) is 12.4. The van der Waals surface area contributed by atoms with Crippen LogP contribution in [0, 0.1) is 0 Å². The van der Waals surface area contributed by atoms with Gasteiger partial charge in [0, 0.05) is 32.6 Å². The number of nitrogens with zero attached hydrogens (tertiary/aromatic N) is 1. The van der Waals surface area contributed by atoms with Crippen molar-refractivity contribution in [3.63, 3.8) is 0 Å². The van der Waals surface area contributed by atoms with Gasteiger partial charge in [0.15, 0.2) is 0 Å². The van der Waals surface area contributed by atoms with Crippen molar-refractivity contribution >= 4 is 5.91 Å². The first-order valence-electron chi connectivity index (χ1n) is 9.39. The molecule has 1 N–H and O–H groups in total. The standard InChI is InChI=1S/C18H36N2O2/c1-2-3-4-5-6-7-8-9-10-11-18(21)19-12-13-20-14-16-22-17-15-20/h2-17H2,1H3,(H,19,21). The van der Waals surface area contributed by atoms with E-state index in [-0.39, 0.29) is 5.91 Å². The van der Waals surface area contributed by atoms with Crippen LogP contribution in [0.4, 0.5) is 0 Å². The molecule has 1 rings (SSSR count). The Morgan fingerprint density at radius 2 is 1.55 bits per heavy atom. The summed E-state index contributed by atoms with van der Waals surface area (Å²) < 4.78 is 5.31. The highest BCUT2D eigenvalue weighted by Gasteiger charge is 2.09. The van der Waals surface area contributed by atoms with E-state index in [0.717, 1.165) is 45.8 Å². The average Bonchev–Trinajstić information content (AvgIpc) is 2.54. The lowest BCUT2D eigenvalue weighted by Crippen LogP contribution is -2.41. The fourth-order valence-corrected chi connectivity index (χ4v) is 2.86. The van der Waals surface area contributed by atoms with Gasteiger partial charge in [0.05, 0.1) is 13.2 Å². The molecule has 1 aliphatic heterocycles. The van der Waals surface area contributed by atoms with Gasteiger partial charge in [-0.25, -0.2) is 0 Å². The van der Waals surface area contributed by atoms with Crippen molar-refractivity contribution < 1.29 is 9.53 Å². The maximum atomic E-state index is 11.7. The summed E-state index contributed by atoms with van der Waals surface area (Å²) >= 11 is 0. The van der Waals surface area contributed by atoms with Crippen LogP contribution in [0.15, 0.2) is 0 Å². The molecule has 0 unspecified atom stereocenters. The molecule has 0 saturated carbocycles. The van der Waals surface area contributed by atoms with E-state index < -0.39 is 0 Å². The van der Waals surface area contributed by atoms with Crippen molar-refractivity contribution in [1.82, 2.24) is 10.2 Å². The summed E-state index contributed by atoms with van der Waals surface area (Å²) in [7, 11) is 0. The Balaban J connectivity index is 1.81. The van der Waals surface area contributed by atoms with E-state index in [1.165, 1.54) is 51.4 Å². The molecule has 0 aromatic heterocycles. The van der Waals surface area contributed by atoms with Crippen molar-refractivity contribution in [2.45, 2.75) is 71.1 Å². The molecule has 130 valence electrons. The second-order valence-corrected chi connectivity index (χ2v) is 6.38. The van der Waals surface area contributed by atoms with E-state index in [0.29, 0.717) is 6.42 Å². The third-order valence-corrected chi connectivity index (χ3v) is 4.36. The number of hydrogen-bond donors (Lipinski definition) is 1. The lowest BCUT2D eigenvalue weighted by atomic mass is 10.1. The molecule has 22 heavy (non-hydrogen) atoms. The summed E-state index contributed by atoms with van der Waals surface area (Å²) in [5, 5.41) is 3.03. The topological polar surface area (TPSA) is 41.6 Å². The number of nitrogens with one attached hydrogen (secondary N) is 1. The third kappa shape index (κ3) is 11.0. The van der Waals surface area contributed by atoms with E-state index in [2.05, 4.69) is 17.1 Å². The van der Waals surface area contributed by atoms with Crippen LogP contribution in [0.5, 0.6) is 0 Å². The van der Waals surface area contributed by atoms with Crippen molar-refractivity contribution in [3.8, 4) is 0 Å². The lowest BCUT2D eigenvalue weighted by Gasteiger charge is -2.26. The number of ether oxygens (including phenoxy) is 1. The predicted octanol–water partition coefficient (Wildman–Crippen LogP) is 3.36. The number of amides is 1. The number of carbonyl (C=O) groups is 1. The molecule has 1 fully saturated rings. The molecule has 0 aromatic rings. The molecule has 0 aliphatic carbocycles. The maximum absolute atomic E-state index is 11.7. The fourth-order valence-electron chi connectivity index (χ4n) is 2.86. The molecule has 0 bridgehead atoms. The zero-order valence-electron chi connectivity index (χ0n) is 14.6. The molecule has 1 amide bonds. The Bertz CT molecular complexity index is 266. The van der Waals surface area contributed by atoms with Crippen LogP contribution in [0.3, 0.4) is 0 Å². The van der Waals surface area contributed by atoms with Gasteiger partial charge in [0.1, 0.15) is 0 Å². The first-order chi connectivity index (χ1) is 10.8. The third-order valence-electron chi connectivity index (χ3n) is 4.36. The largest absolute Gasteiger partial charge is 0.379 e. The first kappa shape index (κ1) is 19.4. The number of carbonyl (C=O) groups excluding carboxylic acids is 1. The van der Waals surface area contributed by atoms with Crippen LogP contribution in [0.2, 0.25) is 0 Å². The quantitative estimate of drug-likeness (QED) is 0.530. The minimum atomic E-state index is 0.219. The SMILES string of the molecule is CCCCCCCCCCCC(=O)NCCN1CCOCC1. The number of morpholine rings is 1. The Labute approximate surface area is 137 Å². The molecule has 4 heteroatoms. The van der Waals surface area contributed by atoms with Crippen LogP contribution in [-0.2, 0) is 9.53 Å². The van der Waals surface area contributed by atoms with Gasteiger partial charge >= 0.3 is 0 Å². The Kier molecular flexibility index (Phi) is 12.4. The highest BCUT2D eigenvalue weighted by Crippen LogP contribution is 2.10. The molecule has 0 radical (unpaired) electrons. The van der Waals surface area contributed by atoms with Gasteiger partial charge in [-0.3, -0.25) is 9.69 Å². The van der Waals surface area contributed by atoms with E-state index in [9.17, 15) is 4.79 Å². The molecule has 0 spiro atoms. The van der Waals surface area contributed by atoms with Crippen LogP contribution >= 0.6 is 0 Å². The predicted molar refractivity (Wildman–Crippen MR) is 92.1 cm³/mol. The lowest BCUT2D eigenvalue weighted by molar-refractivity contribution is -0.121. The van der Waals surface area contributed by atoms with Crippen LogP contribution in [-0.4, -0.2) is 50.2 Å². The minimum absolute atomic E-state index is 0.219. The van der Waals surface area contributed by atoms with Gasteiger partial charge in [-0.1, -0.05) is 58.3 Å². The zero-order valence-corrected chi connectivity index (χ0v) is 14.6. The normalized spacial score (nSPS) is 15.9. The van der Waals surface area contributed by atoms with E-state index in [1.807, 2.05) is 0 Å². The zero-order chi connectivity index (χ0) is 15.9. The molecule has 1 saturated heterocycles. The van der Waals surface area contributed by atoms with Crippen LogP contribution in [0.25, 0.3) is 0 Å². The van der Waals surface area contributed by atoms with Crippen molar-refractivity contribution in [1.29, 1.82) is 0 Å². The van der Waals surface area contributed by atoms with Gasteiger partial charge in [0.2, 0.25) is 5.91 Å². The average molecular weight is 312 g/mol. The van der Waals surface area contributed by atoms with Crippen molar-refractivity contribution in [2.75, 3.05) is 39.4 Å². The van der Waals surface area contributed by atoms with Crippen LogP contribution in [0.1, 0.15) is 71.1 Å². The Hall–Kier alpha value is -0.610. The second-order valence-electron chi connectivity index (χ2n) is 6.38. The van der Waals surface area contributed by atoms with Gasteiger partial charge in [-0.15, -0.1) is 0 Å². The number of unbranched alkanes of at least 4 members (excludes halogenated alkanes) is 8. The first-order valence-corrected chi connectivity index (χ1v) is 9.39.